The number of hydrogen-bond donors (Lipinski definition) is 2. The monoisotopic (exact) mass is 357 g/mol. The maximum Gasteiger partial charge on any atom is 0.317 e. The van der Waals surface area contributed by atoms with Crippen molar-refractivity contribution in [3.63, 3.8) is 0 Å². The summed E-state index contributed by atoms with van der Waals surface area (Å²) in [5, 5.41) is 9.78. The maximum absolute atomic E-state index is 12.0. The summed E-state index contributed by atoms with van der Waals surface area (Å²) in [6, 6.07) is 5.98. The van der Waals surface area contributed by atoms with Crippen LogP contribution in [0.1, 0.15) is 33.1 Å². The van der Waals surface area contributed by atoms with Crippen LogP contribution in [-0.2, 0) is 0 Å². The molecule has 2 amide bonds. The predicted molar refractivity (Wildman–Crippen MR) is 99.9 cm³/mol. The smallest absolute Gasteiger partial charge is 0.317 e. The summed E-state index contributed by atoms with van der Waals surface area (Å²) in [4.78, 5) is 18.3. The van der Waals surface area contributed by atoms with Crippen molar-refractivity contribution in [2.75, 3.05) is 19.7 Å². The van der Waals surface area contributed by atoms with Gasteiger partial charge >= 0.3 is 6.03 Å². The minimum Gasteiger partial charge on any atom is -0.492 e. The number of nitrogens with one attached hydrogen (secondary N) is 2. The number of aromatic amines is 1. The molecule has 0 radical (unpaired) electrons. The molecule has 0 saturated carbocycles. The third-order valence-corrected chi connectivity index (χ3v) is 4.62. The molecule has 0 atom stereocenters. The zero-order chi connectivity index (χ0) is 18.4. The zero-order valence-electron chi connectivity index (χ0n) is 15.4. The van der Waals surface area contributed by atoms with Crippen LogP contribution in [0.15, 0.2) is 30.6 Å². The number of likely N-dealkylation sites (tertiary alicyclic amines) is 1. The first-order chi connectivity index (χ1) is 12.6. The lowest BCUT2D eigenvalue weighted by Gasteiger charge is -2.32. The van der Waals surface area contributed by atoms with Crippen molar-refractivity contribution in [2.45, 2.75) is 39.2 Å². The van der Waals surface area contributed by atoms with Crippen molar-refractivity contribution in [2.24, 2.45) is 5.92 Å². The van der Waals surface area contributed by atoms with Crippen molar-refractivity contribution < 1.29 is 9.53 Å². The molecule has 3 heterocycles. The molecule has 7 heteroatoms. The van der Waals surface area contributed by atoms with Gasteiger partial charge in [0.2, 0.25) is 0 Å². The second-order valence-corrected chi connectivity index (χ2v) is 7.02. The predicted octanol–water partition coefficient (Wildman–Crippen LogP) is 3.07. The van der Waals surface area contributed by atoms with E-state index < -0.39 is 0 Å². The molecule has 0 aliphatic carbocycles. The number of urea groups is 1. The topological polar surface area (TPSA) is 83.1 Å². The first-order valence-electron chi connectivity index (χ1n) is 9.26. The van der Waals surface area contributed by atoms with Crippen molar-refractivity contribution in [1.82, 2.24) is 25.4 Å². The second kappa shape index (κ2) is 8.69. The molecule has 0 unspecified atom stereocenters. The number of ether oxygens (including phenoxy) is 1. The number of nitrogens with zero attached hydrogens (tertiary/aromatic N) is 3. The van der Waals surface area contributed by atoms with Crippen LogP contribution >= 0.6 is 0 Å². The molecule has 2 aromatic heterocycles. The summed E-state index contributed by atoms with van der Waals surface area (Å²) >= 11 is 0. The van der Waals surface area contributed by atoms with E-state index in [1.165, 1.54) is 0 Å². The fraction of sp³-hybridized carbons (Fsp3) is 0.526. The van der Waals surface area contributed by atoms with E-state index in [9.17, 15) is 4.79 Å². The number of rotatable bonds is 6. The standard InChI is InChI=1S/C19H27N5O2/c1-14(2)22-19(25)24-10-6-15(7-11-24)8-12-26-16-3-4-17(20-13-16)18-5-9-21-23-18/h3-5,9,13-15H,6-8,10-12H2,1-2H3,(H,21,23)(H,22,25). The summed E-state index contributed by atoms with van der Waals surface area (Å²) in [5.74, 6) is 1.39. The van der Waals surface area contributed by atoms with Gasteiger partial charge in [-0.2, -0.15) is 5.10 Å². The summed E-state index contributed by atoms with van der Waals surface area (Å²) in [7, 11) is 0. The zero-order valence-corrected chi connectivity index (χ0v) is 15.4. The molecule has 1 saturated heterocycles. The molecule has 7 nitrogen and oxygen atoms in total. The Labute approximate surface area is 154 Å². The summed E-state index contributed by atoms with van der Waals surface area (Å²) in [6.07, 6.45) is 6.52. The van der Waals surface area contributed by atoms with Gasteiger partial charge < -0.3 is 15.0 Å². The molecule has 1 fully saturated rings. The number of H-pyrrole nitrogens is 1. The number of piperidine rings is 1. The molecule has 0 aromatic carbocycles. The minimum absolute atomic E-state index is 0.0538. The van der Waals surface area contributed by atoms with Crippen molar-refractivity contribution in [1.29, 1.82) is 0 Å². The van der Waals surface area contributed by atoms with Crippen molar-refractivity contribution in [3.05, 3.63) is 30.6 Å². The van der Waals surface area contributed by atoms with Crippen LogP contribution in [0.2, 0.25) is 0 Å². The van der Waals surface area contributed by atoms with Crippen LogP contribution in [-0.4, -0.2) is 51.9 Å². The van der Waals surface area contributed by atoms with E-state index in [-0.39, 0.29) is 12.1 Å². The number of pyridine rings is 1. The molecular formula is C19H27N5O2. The lowest BCUT2D eigenvalue weighted by molar-refractivity contribution is 0.158. The lowest BCUT2D eigenvalue weighted by atomic mass is 9.94. The number of carbonyl (C=O) groups excluding carboxylic acids is 1. The molecule has 0 spiro atoms. The van der Waals surface area contributed by atoms with Crippen molar-refractivity contribution in [3.8, 4) is 17.1 Å². The Morgan fingerprint density at radius 3 is 2.77 bits per heavy atom. The first-order valence-corrected chi connectivity index (χ1v) is 9.26. The highest BCUT2D eigenvalue weighted by molar-refractivity contribution is 5.74. The third kappa shape index (κ3) is 4.97. The van der Waals surface area contributed by atoms with Gasteiger partial charge in [0, 0.05) is 25.3 Å². The van der Waals surface area contributed by atoms with Gasteiger partial charge in [-0.1, -0.05) is 0 Å². The molecule has 2 aromatic rings. The first kappa shape index (κ1) is 18.2. The van der Waals surface area contributed by atoms with Crippen LogP contribution in [0.4, 0.5) is 4.79 Å². The molecule has 0 bridgehead atoms. The highest BCUT2D eigenvalue weighted by Crippen LogP contribution is 2.22. The van der Waals surface area contributed by atoms with Crippen LogP contribution in [0.25, 0.3) is 11.4 Å². The highest BCUT2D eigenvalue weighted by Gasteiger charge is 2.22. The third-order valence-electron chi connectivity index (χ3n) is 4.62. The van der Waals surface area contributed by atoms with E-state index in [1.807, 2.05) is 36.9 Å². The van der Waals surface area contributed by atoms with E-state index >= 15 is 0 Å². The quantitative estimate of drug-likeness (QED) is 0.832. The lowest BCUT2D eigenvalue weighted by Crippen LogP contribution is -2.46. The molecule has 3 rings (SSSR count). The van der Waals surface area contributed by atoms with E-state index in [2.05, 4.69) is 20.5 Å². The Morgan fingerprint density at radius 2 is 2.15 bits per heavy atom. The van der Waals surface area contributed by atoms with E-state index in [1.54, 1.807) is 12.4 Å². The summed E-state index contributed by atoms with van der Waals surface area (Å²) in [6.45, 7) is 6.29. The summed E-state index contributed by atoms with van der Waals surface area (Å²) in [5.41, 5.74) is 1.74. The molecule has 1 aliphatic heterocycles. The normalized spacial score (nSPS) is 15.3. The van der Waals surface area contributed by atoms with E-state index in [0.29, 0.717) is 12.5 Å². The second-order valence-electron chi connectivity index (χ2n) is 7.02. The number of amides is 2. The van der Waals surface area contributed by atoms with Crippen LogP contribution in [0.3, 0.4) is 0 Å². The Morgan fingerprint density at radius 1 is 1.35 bits per heavy atom. The van der Waals surface area contributed by atoms with Crippen LogP contribution in [0.5, 0.6) is 5.75 Å². The van der Waals surface area contributed by atoms with Gasteiger partial charge in [0.15, 0.2) is 0 Å². The van der Waals surface area contributed by atoms with Gasteiger partial charge in [0.05, 0.1) is 24.2 Å². The van der Waals surface area contributed by atoms with Crippen molar-refractivity contribution >= 4 is 6.03 Å². The molecule has 26 heavy (non-hydrogen) atoms. The van der Waals surface area contributed by atoms with E-state index in [0.717, 1.165) is 49.5 Å². The van der Waals surface area contributed by atoms with Gasteiger partial charge in [-0.3, -0.25) is 10.1 Å². The Kier molecular flexibility index (Phi) is 6.09. The molecular weight excluding hydrogens is 330 g/mol. The van der Waals surface area contributed by atoms with Gasteiger partial charge in [-0.25, -0.2) is 4.79 Å². The van der Waals surface area contributed by atoms with Crippen LogP contribution in [0, 0.1) is 5.92 Å². The largest absolute Gasteiger partial charge is 0.492 e. The fourth-order valence-corrected chi connectivity index (χ4v) is 3.13. The average Bonchev–Trinajstić information content (AvgIpc) is 3.17. The Bertz CT molecular complexity index is 676. The molecule has 1 aliphatic rings. The number of carbonyl (C=O) groups is 1. The molecule has 140 valence electrons. The Hall–Kier alpha value is -2.57. The number of hydrogen-bond acceptors (Lipinski definition) is 4. The minimum atomic E-state index is 0.0538. The Balaban J connectivity index is 1.37. The van der Waals surface area contributed by atoms with E-state index in [4.69, 9.17) is 4.74 Å². The number of aromatic nitrogens is 3. The van der Waals surface area contributed by atoms with Gasteiger partial charge in [-0.05, 0) is 57.2 Å². The van der Waals surface area contributed by atoms with Gasteiger partial charge in [-0.15, -0.1) is 0 Å². The maximum atomic E-state index is 12.0. The highest BCUT2D eigenvalue weighted by atomic mass is 16.5. The fourth-order valence-electron chi connectivity index (χ4n) is 3.13. The van der Waals surface area contributed by atoms with Crippen LogP contribution < -0.4 is 10.1 Å². The van der Waals surface area contributed by atoms with Gasteiger partial charge in [0.25, 0.3) is 0 Å². The summed E-state index contributed by atoms with van der Waals surface area (Å²) < 4.78 is 5.83. The average molecular weight is 357 g/mol. The SMILES string of the molecule is CC(C)NC(=O)N1CCC(CCOc2ccc(-c3ccn[nH]3)nc2)CC1. The molecule has 2 N–H and O–H groups in total. The van der Waals surface area contributed by atoms with Gasteiger partial charge in [0.1, 0.15) is 5.75 Å².